The summed E-state index contributed by atoms with van der Waals surface area (Å²) < 4.78 is 0.643. The maximum Gasteiger partial charge on any atom is 0.244 e. The number of benzene rings is 1. The molecule has 27 heavy (non-hydrogen) atoms. The highest BCUT2D eigenvalue weighted by atomic mass is 32.2. The third-order valence-electron chi connectivity index (χ3n) is 4.38. The standard InChI is InChI=1S/C18H25N5O2S2/c1-5-12(3)23(16(25)10-26-18-22-21-17(19)27-18)9-15(24)20-14-8-6-7-11(2)13(14)4/h6-8,12H,5,9-10H2,1-4H3,(H2,19,21)(H,20,24)/t12-/m0/s1. The highest BCUT2D eigenvalue weighted by molar-refractivity contribution is 8.01. The van der Waals surface area contributed by atoms with Gasteiger partial charge in [-0.1, -0.05) is 42.2 Å². The van der Waals surface area contributed by atoms with Crippen molar-refractivity contribution in [2.75, 3.05) is 23.3 Å². The first-order valence-electron chi connectivity index (χ1n) is 8.69. The Morgan fingerprint density at radius 2 is 2.07 bits per heavy atom. The summed E-state index contributed by atoms with van der Waals surface area (Å²) in [5.74, 6) is -0.128. The van der Waals surface area contributed by atoms with Gasteiger partial charge < -0.3 is 16.0 Å². The van der Waals surface area contributed by atoms with Crippen molar-refractivity contribution in [3.8, 4) is 0 Å². The van der Waals surface area contributed by atoms with Crippen LogP contribution in [0.15, 0.2) is 22.5 Å². The van der Waals surface area contributed by atoms with Crippen LogP contribution < -0.4 is 11.1 Å². The minimum Gasteiger partial charge on any atom is -0.374 e. The molecular weight excluding hydrogens is 382 g/mol. The molecule has 7 nitrogen and oxygen atoms in total. The minimum absolute atomic E-state index is 0.0139. The van der Waals surface area contributed by atoms with Crippen LogP contribution in [-0.2, 0) is 9.59 Å². The van der Waals surface area contributed by atoms with Crippen LogP contribution in [0.25, 0.3) is 0 Å². The molecule has 0 unspecified atom stereocenters. The van der Waals surface area contributed by atoms with E-state index in [2.05, 4.69) is 15.5 Å². The van der Waals surface area contributed by atoms with E-state index in [9.17, 15) is 9.59 Å². The van der Waals surface area contributed by atoms with Gasteiger partial charge in [0.2, 0.25) is 16.9 Å². The second-order valence-electron chi connectivity index (χ2n) is 6.27. The van der Waals surface area contributed by atoms with Crippen LogP contribution in [0.5, 0.6) is 0 Å². The Labute approximate surface area is 167 Å². The summed E-state index contributed by atoms with van der Waals surface area (Å²) in [6.45, 7) is 7.91. The molecule has 0 bridgehead atoms. The van der Waals surface area contributed by atoms with E-state index in [1.807, 2.05) is 45.9 Å². The number of anilines is 2. The van der Waals surface area contributed by atoms with Gasteiger partial charge in [-0.25, -0.2) is 0 Å². The largest absolute Gasteiger partial charge is 0.374 e. The number of nitrogen functional groups attached to an aromatic ring is 1. The first-order chi connectivity index (χ1) is 12.8. The molecule has 146 valence electrons. The van der Waals surface area contributed by atoms with Crippen molar-refractivity contribution in [3.63, 3.8) is 0 Å². The Morgan fingerprint density at radius 1 is 1.33 bits per heavy atom. The fourth-order valence-electron chi connectivity index (χ4n) is 2.43. The number of nitrogens with two attached hydrogens (primary N) is 1. The van der Waals surface area contributed by atoms with Crippen LogP contribution in [0, 0.1) is 13.8 Å². The smallest absolute Gasteiger partial charge is 0.244 e. The summed E-state index contributed by atoms with van der Waals surface area (Å²) in [4.78, 5) is 26.8. The third-order valence-corrected chi connectivity index (χ3v) is 6.25. The number of thioether (sulfide) groups is 1. The monoisotopic (exact) mass is 407 g/mol. The van der Waals surface area contributed by atoms with Gasteiger partial charge in [0.1, 0.15) is 6.54 Å². The number of hydrogen-bond acceptors (Lipinski definition) is 7. The fraction of sp³-hybridized carbons (Fsp3) is 0.444. The molecular formula is C18H25N5O2S2. The predicted molar refractivity (Wildman–Crippen MR) is 111 cm³/mol. The van der Waals surface area contributed by atoms with Gasteiger partial charge in [-0.05, 0) is 44.4 Å². The topological polar surface area (TPSA) is 101 Å². The Bertz CT molecular complexity index is 809. The zero-order valence-electron chi connectivity index (χ0n) is 16.0. The molecule has 3 N–H and O–H groups in total. The first kappa shape index (κ1) is 21.2. The summed E-state index contributed by atoms with van der Waals surface area (Å²) in [5, 5.41) is 10.9. The van der Waals surface area contributed by atoms with Crippen LogP contribution in [0.3, 0.4) is 0 Å². The molecule has 0 saturated heterocycles. The normalized spacial score (nSPS) is 11.9. The number of aryl methyl sites for hydroxylation is 1. The van der Waals surface area contributed by atoms with Crippen LogP contribution in [0.2, 0.25) is 0 Å². The molecule has 1 atom stereocenters. The van der Waals surface area contributed by atoms with E-state index in [-0.39, 0.29) is 30.2 Å². The van der Waals surface area contributed by atoms with Crippen molar-refractivity contribution in [1.29, 1.82) is 0 Å². The average molecular weight is 408 g/mol. The average Bonchev–Trinajstić information content (AvgIpc) is 3.06. The van der Waals surface area contributed by atoms with Crippen LogP contribution in [0.1, 0.15) is 31.4 Å². The van der Waals surface area contributed by atoms with Crippen molar-refractivity contribution < 1.29 is 9.59 Å². The molecule has 2 aromatic rings. The number of hydrogen-bond donors (Lipinski definition) is 2. The molecule has 0 aliphatic heterocycles. The quantitative estimate of drug-likeness (QED) is 0.652. The highest BCUT2D eigenvalue weighted by Crippen LogP contribution is 2.24. The minimum atomic E-state index is -0.206. The van der Waals surface area contributed by atoms with Gasteiger partial charge in [-0.2, -0.15) is 0 Å². The van der Waals surface area contributed by atoms with Crippen molar-refractivity contribution in [1.82, 2.24) is 15.1 Å². The predicted octanol–water partition coefficient (Wildman–Crippen LogP) is 3.10. The maximum atomic E-state index is 12.7. The summed E-state index contributed by atoms with van der Waals surface area (Å²) in [7, 11) is 0. The van der Waals surface area contributed by atoms with E-state index in [0.29, 0.717) is 9.47 Å². The van der Waals surface area contributed by atoms with Gasteiger partial charge in [0.25, 0.3) is 0 Å². The molecule has 0 saturated carbocycles. The first-order valence-corrected chi connectivity index (χ1v) is 10.5. The van der Waals surface area contributed by atoms with E-state index in [4.69, 9.17) is 5.73 Å². The summed E-state index contributed by atoms with van der Waals surface area (Å²) in [5.41, 5.74) is 8.46. The number of carbonyl (C=O) groups excluding carboxylic acids is 2. The molecule has 1 aromatic heterocycles. The highest BCUT2D eigenvalue weighted by Gasteiger charge is 2.22. The van der Waals surface area contributed by atoms with E-state index in [1.54, 1.807) is 4.90 Å². The SMILES string of the molecule is CC[C@H](C)N(CC(=O)Nc1cccc(C)c1C)C(=O)CSc1nnc(N)s1. The molecule has 0 aliphatic carbocycles. The Balaban J connectivity index is 2.01. The lowest BCUT2D eigenvalue weighted by atomic mass is 10.1. The lowest BCUT2D eigenvalue weighted by molar-refractivity contribution is -0.134. The second kappa shape index (κ2) is 9.70. The number of rotatable bonds is 8. The zero-order valence-corrected chi connectivity index (χ0v) is 17.6. The lowest BCUT2D eigenvalue weighted by Crippen LogP contribution is -2.44. The summed E-state index contributed by atoms with van der Waals surface area (Å²) in [6.07, 6.45) is 0.763. The van der Waals surface area contributed by atoms with Crippen LogP contribution in [0.4, 0.5) is 10.8 Å². The zero-order chi connectivity index (χ0) is 20.0. The maximum absolute atomic E-state index is 12.7. The molecule has 0 fully saturated rings. The summed E-state index contributed by atoms with van der Waals surface area (Å²) in [6, 6.07) is 5.73. The third kappa shape index (κ3) is 5.93. The van der Waals surface area contributed by atoms with E-state index < -0.39 is 0 Å². The van der Waals surface area contributed by atoms with E-state index in [1.165, 1.54) is 23.1 Å². The van der Waals surface area contributed by atoms with Crippen molar-refractivity contribution >= 4 is 45.7 Å². The molecule has 1 aromatic carbocycles. The number of amides is 2. The molecule has 0 radical (unpaired) electrons. The number of carbonyl (C=O) groups is 2. The summed E-state index contributed by atoms with van der Waals surface area (Å²) >= 11 is 2.53. The van der Waals surface area contributed by atoms with Gasteiger partial charge >= 0.3 is 0 Å². The molecule has 0 spiro atoms. The van der Waals surface area contributed by atoms with Crippen LogP contribution in [-0.4, -0.2) is 45.3 Å². The Hall–Kier alpha value is -2.13. The van der Waals surface area contributed by atoms with Crippen molar-refractivity contribution in [2.45, 2.75) is 44.5 Å². The van der Waals surface area contributed by atoms with E-state index >= 15 is 0 Å². The second-order valence-corrected chi connectivity index (χ2v) is 8.50. The molecule has 9 heteroatoms. The van der Waals surface area contributed by atoms with Crippen molar-refractivity contribution in [2.24, 2.45) is 0 Å². The number of nitrogens with zero attached hydrogens (tertiary/aromatic N) is 3. The molecule has 0 aliphatic rings. The van der Waals surface area contributed by atoms with Crippen LogP contribution >= 0.6 is 23.1 Å². The molecule has 2 amide bonds. The van der Waals surface area contributed by atoms with Gasteiger partial charge in [-0.15, -0.1) is 10.2 Å². The van der Waals surface area contributed by atoms with Gasteiger partial charge in [0, 0.05) is 11.7 Å². The van der Waals surface area contributed by atoms with Gasteiger partial charge in [0.05, 0.1) is 5.75 Å². The van der Waals surface area contributed by atoms with Gasteiger partial charge in [0.15, 0.2) is 4.34 Å². The fourth-order valence-corrected chi connectivity index (χ4v) is 3.95. The van der Waals surface area contributed by atoms with Crippen molar-refractivity contribution in [3.05, 3.63) is 29.3 Å². The molecule has 1 heterocycles. The number of nitrogens with one attached hydrogen (secondary N) is 1. The Kier molecular flexibility index (Phi) is 7.61. The lowest BCUT2D eigenvalue weighted by Gasteiger charge is -2.28. The Morgan fingerprint density at radius 3 is 2.70 bits per heavy atom. The molecule has 2 rings (SSSR count). The van der Waals surface area contributed by atoms with Gasteiger partial charge in [-0.3, -0.25) is 9.59 Å². The van der Waals surface area contributed by atoms with E-state index in [0.717, 1.165) is 23.2 Å². The number of aromatic nitrogens is 2.